The van der Waals surface area contributed by atoms with Gasteiger partial charge in [-0.05, 0) is 30.4 Å². The van der Waals surface area contributed by atoms with E-state index < -0.39 is 12.6 Å². The summed E-state index contributed by atoms with van der Waals surface area (Å²) in [5, 5.41) is 21.9. The standard InChI is InChI=1S/C14H13Cl2NO4/c1-6-3-14(6)4-7-2-8(21-5-9(18)19)11(15)12(16)10(7)13(14)17-20/h2,6,20H,3-5H2,1H3,(H,18,19). The molecular weight excluding hydrogens is 317 g/mol. The third-order valence-corrected chi connectivity index (χ3v) is 5.22. The van der Waals surface area contributed by atoms with E-state index in [-0.39, 0.29) is 21.2 Å². The van der Waals surface area contributed by atoms with Crippen LogP contribution in [0.15, 0.2) is 11.2 Å². The SMILES string of the molecule is CC1CC12Cc1cc(OCC(=O)O)c(Cl)c(Cl)c1C2=NO. The van der Waals surface area contributed by atoms with Crippen molar-refractivity contribution < 1.29 is 19.8 Å². The van der Waals surface area contributed by atoms with Gasteiger partial charge in [-0.25, -0.2) is 4.79 Å². The summed E-state index contributed by atoms with van der Waals surface area (Å²) < 4.78 is 5.17. The molecule has 0 heterocycles. The maximum absolute atomic E-state index is 10.6. The number of hydrogen-bond donors (Lipinski definition) is 2. The van der Waals surface area contributed by atoms with E-state index in [1.807, 2.05) is 0 Å². The smallest absolute Gasteiger partial charge is 0.341 e. The van der Waals surface area contributed by atoms with Crippen molar-refractivity contribution in [2.24, 2.45) is 16.5 Å². The van der Waals surface area contributed by atoms with Crippen LogP contribution in [0, 0.1) is 11.3 Å². The molecule has 112 valence electrons. The molecule has 2 aliphatic carbocycles. The molecule has 1 aromatic rings. The normalized spacial score (nSPS) is 28.0. The number of benzene rings is 1. The molecule has 0 amide bonds. The van der Waals surface area contributed by atoms with Gasteiger partial charge in [-0.3, -0.25) is 0 Å². The van der Waals surface area contributed by atoms with Gasteiger partial charge in [0.05, 0.1) is 10.7 Å². The highest BCUT2D eigenvalue weighted by atomic mass is 35.5. The average Bonchev–Trinajstić information content (AvgIpc) is 2.94. The van der Waals surface area contributed by atoms with Crippen molar-refractivity contribution in [1.82, 2.24) is 0 Å². The summed E-state index contributed by atoms with van der Waals surface area (Å²) in [6.45, 7) is 1.60. The molecule has 0 saturated heterocycles. The third kappa shape index (κ3) is 2.07. The molecule has 0 radical (unpaired) electrons. The maximum atomic E-state index is 10.6. The van der Waals surface area contributed by atoms with Crippen LogP contribution in [0.25, 0.3) is 0 Å². The van der Waals surface area contributed by atoms with Gasteiger partial charge in [-0.2, -0.15) is 0 Å². The predicted molar refractivity (Wildman–Crippen MR) is 77.8 cm³/mol. The van der Waals surface area contributed by atoms with E-state index >= 15 is 0 Å². The number of nitrogens with zero attached hydrogens (tertiary/aromatic N) is 1. The molecule has 3 rings (SSSR count). The fraction of sp³-hybridized carbons (Fsp3) is 0.429. The number of carboxylic acids is 1. The van der Waals surface area contributed by atoms with Crippen LogP contribution in [-0.2, 0) is 11.2 Å². The summed E-state index contributed by atoms with van der Waals surface area (Å²) in [5.41, 5.74) is 1.93. The first-order chi connectivity index (χ1) is 9.90. The van der Waals surface area contributed by atoms with E-state index in [0.29, 0.717) is 23.6 Å². The Morgan fingerprint density at radius 3 is 2.71 bits per heavy atom. The average molecular weight is 330 g/mol. The Bertz CT molecular complexity index is 673. The molecule has 1 spiro atoms. The van der Waals surface area contributed by atoms with Crippen molar-refractivity contribution in [3.8, 4) is 5.75 Å². The summed E-state index contributed by atoms with van der Waals surface area (Å²) in [6, 6.07) is 1.69. The van der Waals surface area contributed by atoms with Crippen LogP contribution in [0.2, 0.25) is 10.0 Å². The topological polar surface area (TPSA) is 79.1 Å². The van der Waals surface area contributed by atoms with Crippen LogP contribution >= 0.6 is 23.2 Å². The van der Waals surface area contributed by atoms with Crippen LogP contribution in [0.5, 0.6) is 5.75 Å². The van der Waals surface area contributed by atoms with Crippen molar-refractivity contribution >= 4 is 34.9 Å². The summed E-state index contributed by atoms with van der Waals surface area (Å²) in [6.07, 6.45) is 1.63. The Kier molecular flexibility index (Phi) is 3.30. The summed E-state index contributed by atoms with van der Waals surface area (Å²) >= 11 is 12.4. The molecule has 2 N–H and O–H groups in total. The second-order valence-corrected chi connectivity index (χ2v) is 6.36. The number of carboxylic acid groups (broad SMARTS) is 1. The molecule has 1 aromatic carbocycles. The molecule has 2 aliphatic rings. The molecule has 0 bridgehead atoms. The summed E-state index contributed by atoms with van der Waals surface area (Å²) in [4.78, 5) is 10.6. The first-order valence-corrected chi connectivity index (χ1v) is 7.24. The Morgan fingerprint density at radius 2 is 2.19 bits per heavy atom. The van der Waals surface area contributed by atoms with Crippen molar-refractivity contribution in [1.29, 1.82) is 0 Å². The number of fused-ring (bicyclic) bond motifs is 1. The highest BCUT2D eigenvalue weighted by molar-refractivity contribution is 6.45. The molecule has 1 saturated carbocycles. The molecular formula is C14H13Cl2NO4. The predicted octanol–water partition coefficient (Wildman–Crippen LogP) is 3.22. The quantitative estimate of drug-likeness (QED) is 0.659. The van der Waals surface area contributed by atoms with Gasteiger partial charge in [0.15, 0.2) is 6.61 Å². The summed E-state index contributed by atoms with van der Waals surface area (Å²) in [7, 11) is 0. The minimum absolute atomic E-state index is 0.142. The molecule has 1 fully saturated rings. The molecule has 7 heteroatoms. The number of halogens is 2. The van der Waals surface area contributed by atoms with E-state index in [9.17, 15) is 10.0 Å². The number of aliphatic carboxylic acids is 1. The molecule has 0 aliphatic heterocycles. The lowest BCUT2D eigenvalue weighted by Gasteiger charge is -2.11. The zero-order valence-electron chi connectivity index (χ0n) is 11.2. The van der Waals surface area contributed by atoms with Crippen molar-refractivity contribution in [3.63, 3.8) is 0 Å². The van der Waals surface area contributed by atoms with E-state index in [4.69, 9.17) is 33.0 Å². The fourth-order valence-electron chi connectivity index (χ4n) is 3.18. The number of ether oxygens (including phenoxy) is 1. The van der Waals surface area contributed by atoms with Gasteiger partial charge in [-0.15, -0.1) is 0 Å². The van der Waals surface area contributed by atoms with Gasteiger partial charge >= 0.3 is 5.97 Å². The third-order valence-electron chi connectivity index (χ3n) is 4.37. The van der Waals surface area contributed by atoms with Crippen molar-refractivity contribution in [2.75, 3.05) is 6.61 Å². The van der Waals surface area contributed by atoms with Crippen LogP contribution in [-0.4, -0.2) is 28.6 Å². The van der Waals surface area contributed by atoms with Crippen LogP contribution in [0.3, 0.4) is 0 Å². The highest BCUT2D eigenvalue weighted by Crippen LogP contribution is 2.62. The monoisotopic (exact) mass is 329 g/mol. The minimum atomic E-state index is -1.09. The fourth-order valence-corrected chi connectivity index (χ4v) is 3.69. The Morgan fingerprint density at radius 1 is 1.52 bits per heavy atom. The summed E-state index contributed by atoms with van der Waals surface area (Å²) in [5.74, 6) is -0.438. The lowest BCUT2D eigenvalue weighted by atomic mass is 9.98. The number of oxime groups is 1. The van der Waals surface area contributed by atoms with Crippen LogP contribution in [0.1, 0.15) is 24.5 Å². The van der Waals surface area contributed by atoms with Crippen LogP contribution in [0.4, 0.5) is 0 Å². The van der Waals surface area contributed by atoms with E-state index in [1.165, 1.54) is 0 Å². The first-order valence-electron chi connectivity index (χ1n) is 6.49. The van der Waals surface area contributed by atoms with Crippen molar-refractivity contribution in [3.05, 3.63) is 27.2 Å². The number of rotatable bonds is 3. The van der Waals surface area contributed by atoms with Gasteiger partial charge in [0.2, 0.25) is 0 Å². The zero-order chi connectivity index (χ0) is 15.4. The second kappa shape index (κ2) is 4.78. The van der Waals surface area contributed by atoms with E-state index in [2.05, 4.69) is 12.1 Å². The Hall–Kier alpha value is -1.46. The minimum Gasteiger partial charge on any atom is -0.480 e. The molecule has 2 atom stereocenters. The van der Waals surface area contributed by atoms with Gasteiger partial charge < -0.3 is 15.1 Å². The number of carbonyl (C=O) groups is 1. The maximum Gasteiger partial charge on any atom is 0.341 e. The second-order valence-electron chi connectivity index (χ2n) is 5.61. The first kappa shape index (κ1) is 14.5. The van der Waals surface area contributed by atoms with Gasteiger partial charge in [-0.1, -0.05) is 35.3 Å². The van der Waals surface area contributed by atoms with Crippen LogP contribution < -0.4 is 4.74 Å². The largest absolute Gasteiger partial charge is 0.480 e. The highest BCUT2D eigenvalue weighted by Gasteiger charge is 2.60. The molecule has 5 nitrogen and oxygen atoms in total. The van der Waals surface area contributed by atoms with Gasteiger partial charge in [0.1, 0.15) is 10.8 Å². The lowest BCUT2D eigenvalue weighted by molar-refractivity contribution is -0.139. The Balaban J connectivity index is 2.05. The molecule has 21 heavy (non-hydrogen) atoms. The van der Waals surface area contributed by atoms with Gasteiger partial charge in [0, 0.05) is 11.0 Å². The lowest BCUT2D eigenvalue weighted by Crippen LogP contribution is -2.14. The zero-order valence-corrected chi connectivity index (χ0v) is 12.7. The molecule has 0 aromatic heterocycles. The number of hydrogen-bond acceptors (Lipinski definition) is 4. The van der Waals surface area contributed by atoms with Crippen molar-refractivity contribution in [2.45, 2.75) is 19.8 Å². The molecule has 2 unspecified atom stereocenters. The van der Waals surface area contributed by atoms with E-state index in [0.717, 1.165) is 12.0 Å². The van der Waals surface area contributed by atoms with Gasteiger partial charge in [0.25, 0.3) is 0 Å². The van der Waals surface area contributed by atoms with E-state index in [1.54, 1.807) is 6.07 Å². The Labute approximate surface area is 131 Å².